The third-order valence-electron chi connectivity index (χ3n) is 3.59. The molecular weight excluding hydrogens is 319 g/mol. The maximum absolute atomic E-state index is 13.2. The van der Waals surface area contributed by atoms with Gasteiger partial charge in [-0.15, -0.1) is 0 Å². The molecule has 0 aliphatic carbocycles. The van der Waals surface area contributed by atoms with Gasteiger partial charge in [0.15, 0.2) is 0 Å². The standard InChI is InChI=1S/C21H19FO3/c1-14-6-18(23)11-20(8-14)25-21-9-15(2)7-19(12-21)24-13-16-4-3-5-17(22)10-16/h3-12,23H,13H2,1-2H3. The predicted octanol–water partition coefficient (Wildman–Crippen LogP) is 5.52. The minimum Gasteiger partial charge on any atom is -0.508 e. The maximum Gasteiger partial charge on any atom is 0.131 e. The van der Waals surface area contributed by atoms with E-state index in [4.69, 9.17) is 9.47 Å². The molecule has 0 aliphatic rings. The van der Waals surface area contributed by atoms with Crippen LogP contribution in [-0.4, -0.2) is 5.11 Å². The van der Waals surface area contributed by atoms with Gasteiger partial charge >= 0.3 is 0 Å². The Bertz CT molecular complexity index is 870. The molecule has 0 amide bonds. The summed E-state index contributed by atoms with van der Waals surface area (Å²) in [6, 6.07) is 16.9. The molecule has 128 valence electrons. The average molecular weight is 338 g/mol. The van der Waals surface area contributed by atoms with E-state index in [0.717, 1.165) is 16.7 Å². The van der Waals surface area contributed by atoms with E-state index in [1.54, 1.807) is 24.3 Å². The fourth-order valence-electron chi connectivity index (χ4n) is 2.57. The number of aryl methyl sites for hydroxylation is 2. The molecule has 0 fully saturated rings. The first-order valence-corrected chi connectivity index (χ1v) is 7.95. The summed E-state index contributed by atoms with van der Waals surface area (Å²) in [5.41, 5.74) is 2.64. The molecule has 0 unspecified atom stereocenters. The van der Waals surface area contributed by atoms with Crippen LogP contribution in [0.3, 0.4) is 0 Å². The lowest BCUT2D eigenvalue weighted by Gasteiger charge is -2.12. The molecule has 3 nitrogen and oxygen atoms in total. The number of benzene rings is 3. The summed E-state index contributed by atoms with van der Waals surface area (Å²) in [5, 5.41) is 9.68. The van der Waals surface area contributed by atoms with E-state index in [1.165, 1.54) is 12.1 Å². The summed E-state index contributed by atoms with van der Waals surface area (Å²) in [7, 11) is 0. The molecule has 0 bridgehead atoms. The van der Waals surface area contributed by atoms with Crippen molar-refractivity contribution in [3.8, 4) is 23.0 Å². The Morgan fingerprint density at radius 1 is 0.840 bits per heavy atom. The highest BCUT2D eigenvalue weighted by Gasteiger charge is 2.05. The Labute approximate surface area is 146 Å². The molecule has 0 saturated heterocycles. The van der Waals surface area contributed by atoms with Gasteiger partial charge in [-0.2, -0.15) is 0 Å². The van der Waals surface area contributed by atoms with Crippen LogP contribution in [0.5, 0.6) is 23.0 Å². The topological polar surface area (TPSA) is 38.7 Å². The van der Waals surface area contributed by atoms with Crippen LogP contribution in [0.1, 0.15) is 16.7 Å². The second-order valence-electron chi connectivity index (χ2n) is 6.01. The van der Waals surface area contributed by atoms with Crippen molar-refractivity contribution >= 4 is 0 Å². The van der Waals surface area contributed by atoms with Crippen molar-refractivity contribution in [1.82, 2.24) is 0 Å². The Morgan fingerprint density at radius 2 is 1.52 bits per heavy atom. The van der Waals surface area contributed by atoms with Crippen LogP contribution in [0.4, 0.5) is 4.39 Å². The highest BCUT2D eigenvalue weighted by Crippen LogP contribution is 2.30. The molecular formula is C21H19FO3. The largest absolute Gasteiger partial charge is 0.508 e. The summed E-state index contributed by atoms with van der Waals surface area (Å²) in [6.45, 7) is 4.10. The zero-order chi connectivity index (χ0) is 17.8. The first kappa shape index (κ1) is 16.8. The van der Waals surface area contributed by atoms with E-state index in [2.05, 4.69) is 0 Å². The zero-order valence-corrected chi connectivity index (χ0v) is 14.1. The van der Waals surface area contributed by atoms with Gasteiger partial charge in [0.1, 0.15) is 35.4 Å². The summed E-state index contributed by atoms with van der Waals surface area (Å²) < 4.78 is 24.8. The van der Waals surface area contributed by atoms with E-state index >= 15 is 0 Å². The van der Waals surface area contributed by atoms with Crippen LogP contribution in [-0.2, 0) is 6.61 Å². The van der Waals surface area contributed by atoms with Gasteiger partial charge in [-0.05, 0) is 66.9 Å². The quantitative estimate of drug-likeness (QED) is 0.666. The minimum atomic E-state index is -0.284. The van der Waals surface area contributed by atoms with Gasteiger partial charge in [-0.3, -0.25) is 0 Å². The van der Waals surface area contributed by atoms with Crippen LogP contribution in [0.15, 0.2) is 60.7 Å². The van der Waals surface area contributed by atoms with Gasteiger partial charge < -0.3 is 14.6 Å². The lowest BCUT2D eigenvalue weighted by Crippen LogP contribution is -1.97. The number of hydrogen-bond acceptors (Lipinski definition) is 3. The maximum atomic E-state index is 13.2. The highest BCUT2D eigenvalue weighted by molar-refractivity contribution is 5.43. The van der Waals surface area contributed by atoms with Crippen LogP contribution >= 0.6 is 0 Å². The van der Waals surface area contributed by atoms with Gasteiger partial charge in [0.05, 0.1) is 0 Å². The highest BCUT2D eigenvalue weighted by atomic mass is 19.1. The number of phenolic OH excluding ortho intramolecular Hbond substituents is 1. The van der Waals surface area contributed by atoms with E-state index in [1.807, 2.05) is 38.1 Å². The second kappa shape index (κ2) is 7.26. The molecule has 0 spiro atoms. The smallest absolute Gasteiger partial charge is 0.131 e. The van der Waals surface area contributed by atoms with E-state index in [9.17, 15) is 9.50 Å². The fraction of sp³-hybridized carbons (Fsp3) is 0.143. The summed E-state index contributed by atoms with van der Waals surface area (Å²) in [4.78, 5) is 0. The number of rotatable bonds is 5. The molecule has 25 heavy (non-hydrogen) atoms. The first-order chi connectivity index (χ1) is 12.0. The Balaban J connectivity index is 1.75. The molecule has 0 atom stereocenters. The van der Waals surface area contributed by atoms with E-state index in [0.29, 0.717) is 17.2 Å². The fourth-order valence-corrected chi connectivity index (χ4v) is 2.57. The van der Waals surface area contributed by atoms with Gasteiger partial charge in [-0.25, -0.2) is 4.39 Å². The third-order valence-corrected chi connectivity index (χ3v) is 3.59. The second-order valence-corrected chi connectivity index (χ2v) is 6.01. The predicted molar refractivity (Wildman–Crippen MR) is 94.8 cm³/mol. The van der Waals surface area contributed by atoms with Crippen molar-refractivity contribution in [1.29, 1.82) is 0 Å². The SMILES string of the molecule is Cc1cc(O)cc(Oc2cc(C)cc(OCc3cccc(F)c3)c2)c1. The van der Waals surface area contributed by atoms with Gasteiger partial charge in [-0.1, -0.05) is 12.1 Å². The molecule has 0 heterocycles. The first-order valence-electron chi connectivity index (χ1n) is 7.95. The van der Waals surface area contributed by atoms with Crippen molar-refractivity contribution in [2.45, 2.75) is 20.5 Å². The minimum absolute atomic E-state index is 0.158. The van der Waals surface area contributed by atoms with Crippen molar-refractivity contribution in [2.75, 3.05) is 0 Å². The molecule has 3 rings (SSSR count). The molecule has 1 N–H and O–H groups in total. The number of ether oxygens (including phenoxy) is 2. The summed E-state index contributed by atoms with van der Waals surface area (Å²) in [6.07, 6.45) is 0. The van der Waals surface area contributed by atoms with Gasteiger partial charge in [0.25, 0.3) is 0 Å². The molecule has 3 aromatic carbocycles. The number of aromatic hydroxyl groups is 1. The van der Waals surface area contributed by atoms with Crippen molar-refractivity contribution < 1.29 is 19.0 Å². The molecule has 0 aliphatic heterocycles. The molecule has 0 radical (unpaired) electrons. The Kier molecular flexibility index (Phi) is 4.89. The van der Waals surface area contributed by atoms with E-state index in [-0.39, 0.29) is 18.2 Å². The molecule has 3 aromatic rings. The number of halogens is 1. The zero-order valence-electron chi connectivity index (χ0n) is 14.1. The third kappa shape index (κ3) is 4.73. The van der Waals surface area contributed by atoms with Crippen LogP contribution in [0, 0.1) is 19.7 Å². The summed E-state index contributed by atoms with van der Waals surface area (Å²) in [5.74, 6) is 1.67. The summed E-state index contributed by atoms with van der Waals surface area (Å²) >= 11 is 0. The lowest BCUT2D eigenvalue weighted by molar-refractivity contribution is 0.304. The van der Waals surface area contributed by atoms with Crippen molar-refractivity contribution in [2.24, 2.45) is 0 Å². The van der Waals surface area contributed by atoms with Crippen LogP contribution in [0.2, 0.25) is 0 Å². The molecule has 0 saturated carbocycles. The molecule has 4 heteroatoms. The van der Waals surface area contributed by atoms with Crippen molar-refractivity contribution in [3.05, 3.63) is 83.2 Å². The number of phenols is 1. The lowest BCUT2D eigenvalue weighted by atomic mass is 10.2. The normalized spacial score (nSPS) is 10.5. The van der Waals surface area contributed by atoms with Gasteiger partial charge in [0.2, 0.25) is 0 Å². The average Bonchev–Trinajstić information content (AvgIpc) is 2.51. The number of hydrogen-bond donors (Lipinski definition) is 1. The monoisotopic (exact) mass is 338 g/mol. The van der Waals surface area contributed by atoms with Crippen LogP contribution < -0.4 is 9.47 Å². The Hall–Kier alpha value is -3.01. The Morgan fingerprint density at radius 3 is 2.24 bits per heavy atom. The van der Waals surface area contributed by atoms with E-state index < -0.39 is 0 Å². The van der Waals surface area contributed by atoms with Crippen molar-refractivity contribution in [3.63, 3.8) is 0 Å². The van der Waals surface area contributed by atoms with Gasteiger partial charge in [0, 0.05) is 12.1 Å². The molecule has 0 aromatic heterocycles. The van der Waals surface area contributed by atoms with Crippen LogP contribution in [0.25, 0.3) is 0 Å².